The third kappa shape index (κ3) is 2.17. The number of nitrogens with zero attached hydrogens (tertiary/aromatic N) is 6. The Hall–Kier alpha value is -3.06. The van der Waals surface area contributed by atoms with Crippen LogP contribution in [0.2, 0.25) is 0 Å². The average Bonchev–Trinajstić information content (AvgIpc) is 3.35. The van der Waals surface area contributed by atoms with Crippen molar-refractivity contribution >= 4 is 27.2 Å². The van der Waals surface area contributed by atoms with Crippen LogP contribution in [0.15, 0.2) is 60.6 Å². The summed E-state index contributed by atoms with van der Waals surface area (Å²) in [6.45, 7) is 0. The van der Waals surface area contributed by atoms with Gasteiger partial charge in [0, 0.05) is 30.6 Å². The molecule has 0 spiro atoms. The van der Waals surface area contributed by atoms with Gasteiger partial charge < -0.3 is 4.40 Å². The minimum absolute atomic E-state index is 0.828. The Balaban J connectivity index is 1.52. The Morgan fingerprint density at radius 3 is 2.83 bits per heavy atom. The summed E-state index contributed by atoms with van der Waals surface area (Å²) in [6.07, 6.45) is 8.09. The number of imidazole rings is 1. The minimum atomic E-state index is 0.828. The van der Waals surface area contributed by atoms with Crippen LogP contribution in [-0.2, 0) is 6.42 Å². The number of thiazole rings is 1. The maximum absolute atomic E-state index is 4.52. The smallest absolute Gasteiger partial charge is 0.139 e. The molecule has 1 aromatic carbocycles. The first-order chi connectivity index (χ1) is 11.9. The molecular weight excluding hydrogens is 320 g/mol. The molecule has 6 nitrogen and oxygen atoms in total. The molecule has 0 bridgehead atoms. The zero-order valence-corrected chi connectivity index (χ0v) is 13.4. The molecule has 0 unspecified atom stereocenters. The largest absolute Gasteiger partial charge is 0.304 e. The molecule has 24 heavy (non-hydrogen) atoms. The first kappa shape index (κ1) is 13.4. The fourth-order valence-electron chi connectivity index (χ4n) is 2.85. The molecule has 0 aliphatic carbocycles. The van der Waals surface area contributed by atoms with E-state index in [2.05, 4.69) is 42.8 Å². The van der Waals surface area contributed by atoms with Gasteiger partial charge in [-0.1, -0.05) is 6.07 Å². The molecule has 116 valence electrons. The van der Waals surface area contributed by atoms with E-state index in [1.165, 1.54) is 10.3 Å². The normalized spacial score (nSPS) is 11.5. The maximum Gasteiger partial charge on any atom is 0.139 e. The Bertz CT molecular complexity index is 1140. The van der Waals surface area contributed by atoms with Gasteiger partial charge in [-0.2, -0.15) is 15.0 Å². The first-order valence-corrected chi connectivity index (χ1v) is 8.40. The van der Waals surface area contributed by atoms with Crippen LogP contribution in [0.4, 0.5) is 0 Å². The highest BCUT2D eigenvalue weighted by atomic mass is 32.1. The number of aromatic nitrogens is 6. The molecule has 4 aromatic heterocycles. The third-order valence-corrected chi connectivity index (χ3v) is 4.80. The summed E-state index contributed by atoms with van der Waals surface area (Å²) in [5.41, 5.74) is 7.13. The van der Waals surface area contributed by atoms with Crippen molar-refractivity contribution < 1.29 is 0 Å². The number of pyridine rings is 1. The van der Waals surface area contributed by atoms with Gasteiger partial charge in [0.1, 0.15) is 5.65 Å². The van der Waals surface area contributed by atoms with E-state index in [9.17, 15) is 0 Å². The zero-order chi connectivity index (χ0) is 15.9. The van der Waals surface area contributed by atoms with E-state index in [0.29, 0.717) is 0 Å². The van der Waals surface area contributed by atoms with Crippen LogP contribution in [0.5, 0.6) is 0 Å². The molecule has 0 aliphatic rings. The predicted octanol–water partition coefficient (Wildman–Crippen LogP) is 3.12. The maximum atomic E-state index is 4.52. The van der Waals surface area contributed by atoms with Gasteiger partial charge in [-0.3, -0.25) is 0 Å². The molecule has 5 rings (SSSR count). The molecule has 0 fully saturated rings. The molecule has 0 N–H and O–H groups in total. The number of hydrogen-bond acceptors (Lipinski definition) is 5. The fourth-order valence-corrected chi connectivity index (χ4v) is 3.59. The van der Waals surface area contributed by atoms with E-state index in [1.807, 2.05) is 30.0 Å². The highest BCUT2D eigenvalue weighted by molar-refractivity contribution is 7.16. The SMILES string of the molecule is c1cnn(-c2ccn3c(Cc4ccc5ncsc5c4)cnc3c2)n1. The van der Waals surface area contributed by atoms with Crippen molar-refractivity contribution in [2.45, 2.75) is 6.42 Å². The highest BCUT2D eigenvalue weighted by Crippen LogP contribution is 2.21. The Morgan fingerprint density at radius 2 is 1.92 bits per heavy atom. The van der Waals surface area contributed by atoms with Crippen LogP contribution >= 0.6 is 11.3 Å². The molecule has 7 heteroatoms. The lowest BCUT2D eigenvalue weighted by Gasteiger charge is -2.04. The zero-order valence-electron chi connectivity index (χ0n) is 12.6. The van der Waals surface area contributed by atoms with Crippen molar-refractivity contribution in [2.75, 3.05) is 0 Å². The summed E-state index contributed by atoms with van der Waals surface area (Å²) in [6, 6.07) is 10.4. The van der Waals surface area contributed by atoms with Crippen molar-refractivity contribution in [1.82, 2.24) is 29.4 Å². The van der Waals surface area contributed by atoms with Crippen LogP contribution in [0.25, 0.3) is 21.6 Å². The van der Waals surface area contributed by atoms with E-state index < -0.39 is 0 Å². The van der Waals surface area contributed by atoms with Gasteiger partial charge in [0.25, 0.3) is 0 Å². The van der Waals surface area contributed by atoms with Gasteiger partial charge >= 0.3 is 0 Å². The third-order valence-electron chi connectivity index (χ3n) is 4.00. The van der Waals surface area contributed by atoms with Crippen LogP contribution < -0.4 is 0 Å². The molecule has 0 saturated heterocycles. The van der Waals surface area contributed by atoms with Crippen LogP contribution in [0.3, 0.4) is 0 Å². The number of hydrogen-bond donors (Lipinski definition) is 0. The highest BCUT2D eigenvalue weighted by Gasteiger charge is 2.08. The van der Waals surface area contributed by atoms with Crippen LogP contribution in [0, 0.1) is 0 Å². The average molecular weight is 332 g/mol. The molecule has 0 aliphatic heterocycles. The molecule has 0 saturated carbocycles. The second kappa shape index (κ2) is 5.24. The van der Waals surface area contributed by atoms with E-state index in [1.54, 1.807) is 28.5 Å². The first-order valence-electron chi connectivity index (χ1n) is 7.52. The second-order valence-corrected chi connectivity index (χ2v) is 6.40. The molecule has 0 atom stereocenters. The van der Waals surface area contributed by atoms with Crippen LogP contribution in [-0.4, -0.2) is 29.4 Å². The van der Waals surface area contributed by atoms with Crippen molar-refractivity contribution in [2.24, 2.45) is 0 Å². The summed E-state index contributed by atoms with van der Waals surface area (Å²) in [5.74, 6) is 0. The summed E-state index contributed by atoms with van der Waals surface area (Å²) in [5, 5.41) is 8.31. The van der Waals surface area contributed by atoms with Gasteiger partial charge in [0.2, 0.25) is 0 Å². The molecule has 0 amide bonds. The predicted molar refractivity (Wildman–Crippen MR) is 92.5 cm³/mol. The van der Waals surface area contributed by atoms with Crippen LogP contribution in [0.1, 0.15) is 11.3 Å². The Kier molecular flexibility index (Phi) is 2.92. The number of rotatable bonds is 3. The van der Waals surface area contributed by atoms with Gasteiger partial charge in [-0.05, 0) is 23.8 Å². The summed E-state index contributed by atoms with van der Waals surface area (Å²) in [7, 11) is 0. The van der Waals surface area contributed by atoms with Crippen molar-refractivity contribution in [3.8, 4) is 5.69 Å². The monoisotopic (exact) mass is 332 g/mol. The fraction of sp³-hybridized carbons (Fsp3) is 0.0588. The lowest BCUT2D eigenvalue weighted by Crippen LogP contribution is -2.00. The van der Waals surface area contributed by atoms with Crippen molar-refractivity contribution in [3.63, 3.8) is 0 Å². The Labute approximate surface area is 141 Å². The van der Waals surface area contributed by atoms with E-state index in [4.69, 9.17) is 0 Å². The summed E-state index contributed by atoms with van der Waals surface area (Å²) < 4.78 is 3.32. The summed E-state index contributed by atoms with van der Waals surface area (Å²) >= 11 is 1.67. The van der Waals surface area contributed by atoms with E-state index in [-0.39, 0.29) is 0 Å². The quantitative estimate of drug-likeness (QED) is 0.509. The molecule has 0 radical (unpaired) electrons. The second-order valence-electron chi connectivity index (χ2n) is 5.51. The van der Waals surface area contributed by atoms with Gasteiger partial charge in [-0.15, -0.1) is 11.3 Å². The van der Waals surface area contributed by atoms with Gasteiger partial charge in [-0.25, -0.2) is 9.97 Å². The van der Waals surface area contributed by atoms with Gasteiger partial charge in [0.05, 0.1) is 33.8 Å². The molecular formula is C17H12N6S. The summed E-state index contributed by atoms with van der Waals surface area (Å²) in [4.78, 5) is 10.4. The number of fused-ring (bicyclic) bond motifs is 2. The van der Waals surface area contributed by atoms with E-state index >= 15 is 0 Å². The lowest BCUT2D eigenvalue weighted by atomic mass is 10.1. The molecule has 4 heterocycles. The Morgan fingerprint density at radius 1 is 1.00 bits per heavy atom. The van der Waals surface area contributed by atoms with Crippen molar-refractivity contribution in [1.29, 1.82) is 0 Å². The van der Waals surface area contributed by atoms with Crippen molar-refractivity contribution in [3.05, 3.63) is 71.9 Å². The van der Waals surface area contributed by atoms with E-state index in [0.717, 1.165) is 29.0 Å². The minimum Gasteiger partial charge on any atom is -0.304 e. The van der Waals surface area contributed by atoms with Gasteiger partial charge in [0.15, 0.2) is 0 Å². The lowest BCUT2D eigenvalue weighted by molar-refractivity contribution is 0.750. The molecule has 5 aromatic rings. The topological polar surface area (TPSA) is 60.9 Å². The number of benzene rings is 1. The standard InChI is InChI=1S/C17H12N6S/c1-2-15-16(24-11-19-15)8-12(1)7-14-10-18-17-9-13(3-6-22(14)17)23-20-4-5-21-23/h1-6,8-11H,7H2.